The number of hydrogen-bond donors (Lipinski definition) is 2. The summed E-state index contributed by atoms with van der Waals surface area (Å²) in [5, 5.41) is 2.89. The van der Waals surface area contributed by atoms with E-state index in [9.17, 15) is 4.79 Å². The van der Waals surface area contributed by atoms with Gasteiger partial charge in [-0.2, -0.15) is 0 Å². The van der Waals surface area contributed by atoms with E-state index in [-0.39, 0.29) is 11.9 Å². The number of carbonyl (C=O) groups is 1. The van der Waals surface area contributed by atoms with Gasteiger partial charge in [-0.1, -0.05) is 42.0 Å². The first-order chi connectivity index (χ1) is 8.47. The highest BCUT2D eigenvalue weighted by atomic mass is 32.1. The first-order valence-electron chi connectivity index (χ1n) is 6.10. The van der Waals surface area contributed by atoms with Gasteiger partial charge in [0.2, 0.25) is 5.91 Å². The van der Waals surface area contributed by atoms with E-state index >= 15 is 0 Å². The maximum atomic E-state index is 11.7. The van der Waals surface area contributed by atoms with E-state index in [1.165, 1.54) is 11.1 Å². The van der Waals surface area contributed by atoms with Crippen LogP contribution in [0.1, 0.15) is 30.9 Å². The molecule has 0 bridgehead atoms. The van der Waals surface area contributed by atoms with Crippen molar-refractivity contribution >= 4 is 23.1 Å². The molecule has 0 aromatic heterocycles. The molecule has 0 heterocycles. The molecule has 0 aliphatic heterocycles. The molecule has 0 saturated heterocycles. The molecule has 1 unspecified atom stereocenters. The van der Waals surface area contributed by atoms with Gasteiger partial charge in [0.15, 0.2) is 0 Å². The second-order valence-corrected chi connectivity index (χ2v) is 5.15. The minimum Gasteiger partial charge on any atom is -0.393 e. The van der Waals surface area contributed by atoms with Gasteiger partial charge in [-0.15, -0.1) is 0 Å². The number of benzene rings is 1. The van der Waals surface area contributed by atoms with Crippen molar-refractivity contribution in [2.75, 3.05) is 0 Å². The van der Waals surface area contributed by atoms with Crippen molar-refractivity contribution in [1.29, 1.82) is 0 Å². The molecule has 0 radical (unpaired) electrons. The Labute approximate surface area is 114 Å². The Morgan fingerprint density at radius 1 is 1.39 bits per heavy atom. The molecule has 1 amide bonds. The van der Waals surface area contributed by atoms with Crippen LogP contribution in [0.5, 0.6) is 0 Å². The number of nitrogens with one attached hydrogen (secondary N) is 1. The van der Waals surface area contributed by atoms with Crippen LogP contribution in [-0.2, 0) is 11.2 Å². The second-order valence-electron chi connectivity index (χ2n) is 4.62. The Morgan fingerprint density at radius 3 is 2.56 bits per heavy atom. The Kier molecular flexibility index (Phi) is 5.78. The number of aryl methyl sites for hydroxylation is 2. The quantitative estimate of drug-likeness (QED) is 0.774. The van der Waals surface area contributed by atoms with Crippen LogP contribution in [0.3, 0.4) is 0 Å². The lowest BCUT2D eigenvalue weighted by Crippen LogP contribution is -2.35. The van der Waals surface area contributed by atoms with Crippen molar-refractivity contribution in [2.24, 2.45) is 5.73 Å². The van der Waals surface area contributed by atoms with Crippen molar-refractivity contribution in [3.05, 3.63) is 35.4 Å². The van der Waals surface area contributed by atoms with Crippen LogP contribution in [-0.4, -0.2) is 16.9 Å². The van der Waals surface area contributed by atoms with Crippen LogP contribution in [0, 0.1) is 6.92 Å². The summed E-state index contributed by atoms with van der Waals surface area (Å²) in [6.07, 6.45) is 1.79. The maximum absolute atomic E-state index is 11.7. The number of thiocarbonyl (C=S) groups is 1. The average Bonchev–Trinajstić information content (AvgIpc) is 2.27. The van der Waals surface area contributed by atoms with Crippen LogP contribution in [0.4, 0.5) is 0 Å². The topological polar surface area (TPSA) is 55.1 Å². The van der Waals surface area contributed by atoms with E-state index in [1.807, 2.05) is 13.8 Å². The number of carbonyl (C=O) groups excluding carboxylic acids is 1. The van der Waals surface area contributed by atoms with E-state index in [2.05, 4.69) is 29.6 Å². The molecule has 0 spiro atoms. The number of hydrogen-bond acceptors (Lipinski definition) is 2. The first-order valence-corrected chi connectivity index (χ1v) is 6.51. The van der Waals surface area contributed by atoms with Crippen LogP contribution in [0.2, 0.25) is 0 Å². The summed E-state index contributed by atoms with van der Waals surface area (Å²) in [5.41, 5.74) is 7.84. The molecule has 3 N–H and O–H groups in total. The molecule has 1 rings (SSSR count). The summed E-state index contributed by atoms with van der Waals surface area (Å²) < 4.78 is 0. The normalized spacial score (nSPS) is 11.9. The van der Waals surface area contributed by atoms with Gasteiger partial charge in [0.1, 0.15) is 0 Å². The molecule has 98 valence electrons. The van der Waals surface area contributed by atoms with E-state index in [1.54, 1.807) is 0 Å². The summed E-state index contributed by atoms with van der Waals surface area (Å²) in [4.78, 5) is 12.1. The minimum absolute atomic E-state index is 0.00742. The molecule has 0 saturated carbocycles. The second kappa shape index (κ2) is 7.11. The molecule has 1 atom stereocenters. The summed E-state index contributed by atoms with van der Waals surface area (Å²) in [6, 6.07) is 8.24. The van der Waals surface area contributed by atoms with Crippen LogP contribution in [0.25, 0.3) is 0 Å². The summed E-state index contributed by atoms with van der Waals surface area (Å²) in [5.74, 6) is 0.0410. The SMILES string of the molecule is Cc1ccc(CCC(=O)NC(C)CC(N)=S)cc1. The molecule has 0 fully saturated rings. The molecule has 3 nitrogen and oxygen atoms in total. The highest BCUT2D eigenvalue weighted by Crippen LogP contribution is 2.06. The molecule has 1 aromatic rings. The predicted molar refractivity (Wildman–Crippen MR) is 78.5 cm³/mol. The predicted octanol–water partition coefficient (Wildman–Crippen LogP) is 2.11. The van der Waals surface area contributed by atoms with Gasteiger partial charge in [-0.25, -0.2) is 0 Å². The lowest BCUT2D eigenvalue weighted by molar-refractivity contribution is -0.121. The zero-order valence-corrected chi connectivity index (χ0v) is 11.7. The standard InChI is InChI=1S/C14H20N2OS/c1-10-3-5-12(6-4-10)7-8-14(17)16-11(2)9-13(15)18/h3-6,11H,7-9H2,1-2H3,(H2,15,18)(H,16,17). The fraction of sp³-hybridized carbons (Fsp3) is 0.429. The Bertz CT molecular complexity index is 414. The van der Waals surface area contributed by atoms with Crippen LogP contribution in [0.15, 0.2) is 24.3 Å². The molecule has 0 aliphatic carbocycles. The van der Waals surface area contributed by atoms with E-state index in [0.29, 0.717) is 17.8 Å². The molecule has 4 heteroatoms. The van der Waals surface area contributed by atoms with Gasteiger partial charge in [0.05, 0.1) is 4.99 Å². The highest BCUT2D eigenvalue weighted by molar-refractivity contribution is 7.80. The monoisotopic (exact) mass is 264 g/mol. The fourth-order valence-corrected chi connectivity index (χ4v) is 1.96. The van der Waals surface area contributed by atoms with E-state index in [0.717, 1.165) is 6.42 Å². The van der Waals surface area contributed by atoms with Crippen LogP contribution >= 0.6 is 12.2 Å². The zero-order chi connectivity index (χ0) is 13.5. The third kappa shape index (κ3) is 5.77. The molecule has 18 heavy (non-hydrogen) atoms. The molecular formula is C14H20N2OS. The van der Waals surface area contributed by atoms with Crippen molar-refractivity contribution in [1.82, 2.24) is 5.32 Å². The minimum atomic E-state index is 0.00742. The van der Waals surface area contributed by atoms with Crippen molar-refractivity contribution in [3.8, 4) is 0 Å². The van der Waals surface area contributed by atoms with Crippen molar-refractivity contribution in [3.63, 3.8) is 0 Å². The van der Waals surface area contributed by atoms with Gasteiger partial charge in [-0.05, 0) is 25.8 Å². The zero-order valence-electron chi connectivity index (χ0n) is 10.9. The number of nitrogens with two attached hydrogens (primary N) is 1. The summed E-state index contributed by atoms with van der Waals surface area (Å²) in [7, 11) is 0. The molecule has 0 aliphatic rings. The van der Waals surface area contributed by atoms with E-state index in [4.69, 9.17) is 18.0 Å². The third-order valence-corrected chi connectivity index (χ3v) is 2.84. The van der Waals surface area contributed by atoms with Gasteiger partial charge >= 0.3 is 0 Å². The van der Waals surface area contributed by atoms with Gasteiger partial charge in [0, 0.05) is 18.9 Å². The maximum Gasteiger partial charge on any atom is 0.220 e. The van der Waals surface area contributed by atoms with Gasteiger partial charge in [0.25, 0.3) is 0 Å². The lowest BCUT2D eigenvalue weighted by Gasteiger charge is -2.12. The average molecular weight is 264 g/mol. The Morgan fingerprint density at radius 2 is 2.00 bits per heavy atom. The highest BCUT2D eigenvalue weighted by Gasteiger charge is 2.08. The van der Waals surface area contributed by atoms with Gasteiger partial charge in [-0.3, -0.25) is 4.79 Å². The Hall–Kier alpha value is -1.42. The van der Waals surface area contributed by atoms with Crippen molar-refractivity contribution in [2.45, 2.75) is 39.2 Å². The lowest BCUT2D eigenvalue weighted by atomic mass is 10.1. The number of rotatable bonds is 6. The smallest absolute Gasteiger partial charge is 0.220 e. The fourth-order valence-electron chi connectivity index (χ4n) is 1.71. The van der Waals surface area contributed by atoms with Crippen molar-refractivity contribution < 1.29 is 4.79 Å². The Balaban J connectivity index is 2.32. The molecule has 1 aromatic carbocycles. The van der Waals surface area contributed by atoms with Gasteiger partial charge < -0.3 is 11.1 Å². The molecular weight excluding hydrogens is 244 g/mol. The number of amides is 1. The summed E-state index contributed by atoms with van der Waals surface area (Å²) in [6.45, 7) is 3.96. The summed E-state index contributed by atoms with van der Waals surface area (Å²) >= 11 is 4.80. The largest absolute Gasteiger partial charge is 0.393 e. The van der Waals surface area contributed by atoms with E-state index < -0.39 is 0 Å². The first kappa shape index (κ1) is 14.6. The third-order valence-electron chi connectivity index (χ3n) is 2.68. The van der Waals surface area contributed by atoms with Crippen LogP contribution < -0.4 is 11.1 Å².